The fourth-order valence-corrected chi connectivity index (χ4v) is 3.94. The molecule has 20 heavy (non-hydrogen) atoms. The van der Waals surface area contributed by atoms with Gasteiger partial charge in [-0.3, -0.25) is 0 Å². The lowest BCUT2D eigenvalue weighted by Gasteiger charge is -2.47. The molecule has 0 spiro atoms. The third kappa shape index (κ3) is 3.27. The molecule has 1 aliphatic heterocycles. The molecule has 0 aromatic carbocycles. The van der Waals surface area contributed by atoms with Crippen LogP contribution in [0.5, 0.6) is 0 Å². The van der Waals surface area contributed by atoms with Crippen LogP contribution in [-0.2, 0) is 0 Å². The van der Waals surface area contributed by atoms with Gasteiger partial charge in [0.25, 0.3) is 0 Å². The molecule has 0 aromatic heterocycles. The summed E-state index contributed by atoms with van der Waals surface area (Å²) in [4.78, 5) is 16.8. The van der Waals surface area contributed by atoms with E-state index < -0.39 is 0 Å². The number of nitrogens with two attached hydrogens (primary N) is 1. The largest absolute Gasteiger partial charge is 0.328 e. The van der Waals surface area contributed by atoms with Crippen molar-refractivity contribution >= 4 is 6.03 Å². The Labute approximate surface area is 123 Å². The number of hydrogen-bond acceptors (Lipinski definition) is 2. The Morgan fingerprint density at radius 2 is 1.90 bits per heavy atom. The van der Waals surface area contributed by atoms with Gasteiger partial charge in [0.1, 0.15) is 0 Å². The van der Waals surface area contributed by atoms with E-state index in [0.29, 0.717) is 12.5 Å². The molecule has 0 radical (unpaired) electrons. The molecule has 2 amide bonds. The summed E-state index contributed by atoms with van der Waals surface area (Å²) in [5, 5.41) is 0. The van der Waals surface area contributed by atoms with Crippen molar-refractivity contribution in [3.8, 4) is 0 Å². The lowest BCUT2D eigenvalue weighted by atomic mass is 9.75. The van der Waals surface area contributed by atoms with Crippen molar-refractivity contribution in [2.45, 2.75) is 63.8 Å². The Kier molecular flexibility index (Phi) is 5.30. The standard InChI is InChI=1S/C16H31N3O/c1-14-8-7-9-16(12-14,13-17)18(2)15(20)19-10-5-3-4-6-11-19/h14H,3-13,17H2,1-2H3. The number of likely N-dealkylation sites (tertiary alicyclic amines) is 1. The van der Waals surface area contributed by atoms with Crippen molar-refractivity contribution in [3.05, 3.63) is 0 Å². The van der Waals surface area contributed by atoms with Crippen LogP contribution in [-0.4, -0.2) is 48.1 Å². The second kappa shape index (κ2) is 6.79. The molecule has 2 rings (SSSR count). The van der Waals surface area contributed by atoms with E-state index in [0.717, 1.165) is 38.8 Å². The fraction of sp³-hybridized carbons (Fsp3) is 0.938. The predicted octanol–water partition coefficient (Wildman–Crippen LogP) is 2.82. The van der Waals surface area contributed by atoms with E-state index in [1.54, 1.807) is 0 Å². The van der Waals surface area contributed by atoms with Crippen molar-refractivity contribution in [2.75, 3.05) is 26.7 Å². The first-order valence-corrected chi connectivity index (χ1v) is 8.32. The Morgan fingerprint density at radius 1 is 1.25 bits per heavy atom. The second-order valence-corrected chi connectivity index (χ2v) is 6.87. The zero-order chi connectivity index (χ0) is 14.6. The van der Waals surface area contributed by atoms with Crippen LogP contribution < -0.4 is 5.73 Å². The summed E-state index contributed by atoms with van der Waals surface area (Å²) in [6.45, 7) is 4.71. The van der Waals surface area contributed by atoms with Crippen molar-refractivity contribution in [1.82, 2.24) is 9.80 Å². The molecule has 0 aromatic rings. The van der Waals surface area contributed by atoms with Crippen LogP contribution in [0.4, 0.5) is 4.79 Å². The number of amides is 2. The molecular formula is C16H31N3O. The third-order valence-corrected chi connectivity index (χ3v) is 5.32. The van der Waals surface area contributed by atoms with Gasteiger partial charge in [-0.15, -0.1) is 0 Å². The predicted molar refractivity (Wildman–Crippen MR) is 82.6 cm³/mol. The highest BCUT2D eigenvalue weighted by Crippen LogP contribution is 2.36. The van der Waals surface area contributed by atoms with E-state index in [1.165, 1.54) is 25.7 Å². The van der Waals surface area contributed by atoms with E-state index in [4.69, 9.17) is 5.73 Å². The number of hydrogen-bond donors (Lipinski definition) is 1. The number of urea groups is 1. The van der Waals surface area contributed by atoms with Crippen molar-refractivity contribution < 1.29 is 4.79 Å². The molecule has 2 fully saturated rings. The van der Waals surface area contributed by atoms with Gasteiger partial charge >= 0.3 is 6.03 Å². The normalized spacial score (nSPS) is 31.8. The number of rotatable bonds is 2. The Morgan fingerprint density at radius 3 is 2.45 bits per heavy atom. The lowest BCUT2D eigenvalue weighted by molar-refractivity contribution is 0.0655. The number of carbonyl (C=O) groups excluding carboxylic acids is 1. The van der Waals surface area contributed by atoms with Gasteiger partial charge in [0.05, 0.1) is 5.54 Å². The van der Waals surface area contributed by atoms with Gasteiger partial charge in [0.2, 0.25) is 0 Å². The minimum atomic E-state index is -0.110. The molecule has 1 saturated heterocycles. The van der Waals surface area contributed by atoms with Gasteiger partial charge < -0.3 is 15.5 Å². The van der Waals surface area contributed by atoms with E-state index >= 15 is 0 Å². The van der Waals surface area contributed by atoms with Crippen molar-refractivity contribution in [1.29, 1.82) is 0 Å². The molecule has 116 valence electrons. The maximum Gasteiger partial charge on any atom is 0.320 e. The average Bonchev–Trinajstić information content (AvgIpc) is 2.74. The Balaban J connectivity index is 2.06. The van der Waals surface area contributed by atoms with Crippen LogP contribution in [0.2, 0.25) is 0 Å². The zero-order valence-corrected chi connectivity index (χ0v) is 13.2. The first-order valence-electron chi connectivity index (χ1n) is 8.32. The fourth-order valence-electron chi connectivity index (χ4n) is 3.94. The first-order chi connectivity index (χ1) is 9.59. The molecule has 2 aliphatic rings. The maximum absolute atomic E-state index is 12.8. The highest BCUT2D eigenvalue weighted by atomic mass is 16.2. The number of nitrogens with zero attached hydrogens (tertiary/aromatic N) is 2. The van der Waals surface area contributed by atoms with Crippen LogP contribution in [0.25, 0.3) is 0 Å². The van der Waals surface area contributed by atoms with E-state index in [2.05, 4.69) is 6.92 Å². The quantitative estimate of drug-likeness (QED) is 0.846. The molecular weight excluding hydrogens is 250 g/mol. The molecule has 0 bridgehead atoms. The summed E-state index contributed by atoms with van der Waals surface area (Å²) < 4.78 is 0. The summed E-state index contributed by atoms with van der Waals surface area (Å²) in [5.41, 5.74) is 5.98. The minimum Gasteiger partial charge on any atom is -0.328 e. The summed E-state index contributed by atoms with van der Waals surface area (Å²) in [7, 11) is 1.97. The first kappa shape index (κ1) is 15.6. The Hall–Kier alpha value is -0.770. The van der Waals surface area contributed by atoms with Gasteiger partial charge in [-0.05, 0) is 31.6 Å². The van der Waals surface area contributed by atoms with Crippen molar-refractivity contribution in [3.63, 3.8) is 0 Å². The molecule has 1 saturated carbocycles. The second-order valence-electron chi connectivity index (χ2n) is 6.87. The van der Waals surface area contributed by atoms with Crippen molar-refractivity contribution in [2.24, 2.45) is 11.7 Å². The SMILES string of the molecule is CC1CCCC(CN)(N(C)C(=O)N2CCCCCC2)C1. The maximum atomic E-state index is 12.8. The summed E-state index contributed by atoms with van der Waals surface area (Å²) in [5.74, 6) is 0.673. The third-order valence-electron chi connectivity index (χ3n) is 5.32. The Bertz CT molecular complexity index is 326. The highest BCUT2D eigenvalue weighted by molar-refractivity contribution is 5.75. The molecule has 1 aliphatic carbocycles. The topological polar surface area (TPSA) is 49.6 Å². The zero-order valence-electron chi connectivity index (χ0n) is 13.2. The molecule has 4 heteroatoms. The summed E-state index contributed by atoms with van der Waals surface area (Å²) in [6.07, 6.45) is 9.38. The van der Waals surface area contributed by atoms with Gasteiger partial charge in [0, 0.05) is 26.7 Å². The van der Waals surface area contributed by atoms with Crippen LogP contribution in [0, 0.1) is 5.92 Å². The van der Waals surface area contributed by atoms with E-state index in [1.807, 2.05) is 16.8 Å². The average molecular weight is 281 g/mol. The van der Waals surface area contributed by atoms with Crippen LogP contribution in [0.15, 0.2) is 0 Å². The summed E-state index contributed by atoms with van der Waals surface area (Å²) in [6, 6.07) is 0.200. The van der Waals surface area contributed by atoms with Gasteiger partial charge in [-0.2, -0.15) is 0 Å². The van der Waals surface area contributed by atoms with E-state index in [-0.39, 0.29) is 11.6 Å². The van der Waals surface area contributed by atoms with Gasteiger partial charge in [-0.25, -0.2) is 4.79 Å². The number of likely N-dealkylation sites (N-methyl/N-ethyl adjacent to an activating group) is 1. The van der Waals surface area contributed by atoms with Crippen LogP contribution in [0.1, 0.15) is 58.3 Å². The van der Waals surface area contributed by atoms with Gasteiger partial charge in [0.15, 0.2) is 0 Å². The molecule has 4 nitrogen and oxygen atoms in total. The smallest absolute Gasteiger partial charge is 0.320 e. The van der Waals surface area contributed by atoms with Crippen LogP contribution >= 0.6 is 0 Å². The monoisotopic (exact) mass is 281 g/mol. The van der Waals surface area contributed by atoms with Crippen LogP contribution in [0.3, 0.4) is 0 Å². The highest BCUT2D eigenvalue weighted by Gasteiger charge is 2.40. The lowest BCUT2D eigenvalue weighted by Crippen LogP contribution is -2.59. The molecule has 1 heterocycles. The van der Waals surface area contributed by atoms with E-state index in [9.17, 15) is 4.79 Å². The molecule has 2 atom stereocenters. The minimum absolute atomic E-state index is 0.110. The molecule has 2 unspecified atom stereocenters. The van der Waals surface area contributed by atoms with Gasteiger partial charge in [-0.1, -0.05) is 32.6 Å². The molecule has 2 N–H and O–H groups in total. The number of carbonyl (C=O) groups is 1. The summed E-state index contributed by atoms with van der Waals surface area (Å²) >= 11 is 0.